The number of carbonyl (C=O) groups is 2. The van der Waals surface area contributed by atoms with E-state index in [1.165, 1.54) is 0 Å². The van der Waals surface area contributed by atoms with Gasteiger partial charge in [0.15, 0.2) is 0 Å². The van der Waals surface area contributed by atoms with E-state index in [-0.39, 0.29) is 23.9 Å². The van der Waals surface area contributed by atoms with Crippen LogP contribution in [0, 0.1) is 18.8 Å². The highest BCUT2D eigenvalue weighted by molar-refractivity contribution is 6.00. The summed E-state index contributed by atoms with van der Waals surface area (Å²) >= 11 is 0. The Morgan fingerprint density at radius 1 is 1.22 bits per heavy atom. The van der Waals surface area contributed by atoms with Crippen molar-refractivity contribution in [2.24, 2.45) is 11.8 Å². The Kier molecular flexibility index (Phi) is 8.67. The summed E-state index contributed by atoms with van der Waals surface area (Å²) in [6.07, 6.45) is 7.73. The smallest absolute Gasteiger partial charge is 0.309 e. The van der Waals surface area contributed by atoms with Gasteiger partial charge in [0, 0.05) is 30.2 Å². The zero-order chi connectivity index (χ0) is 25.7. The van der Waals surface area contributed by atoms with Gasteiger partial charge in [0.05, 0.1) is 37.4 Å². The van der Waals surface area contributed by atoms with Gasteiger partial charge in [0.2, 0.25) is 0 Å². The van der Waals surface area contributed by atoms with Gasteiger partial charge in [-0.25, -0.2) is 0 Å². The van der Waals surface area contributed by atoms with E-state index < -0.39 is 5.60 Å². The topological polar surface area (TPSA) is 91.7 Å². The average Bonchev–Trinajstić information content (AvgIpc) is 3.25. The molecule has 8 heteroatoms. The fourth-order valence-corrected chi connectivity index (χ4v) is 5.27. The van der Waals surface area contributed by atoms with Gasteiger partial charge in [-0.1, -0.05) is 6.42 Å². The van der Waals surface area contributed by atoms with Crippen LogP contribution in [0.25, 0.3) is 10.9 Å². The van der Waals surface area contributed by atoms with Crippen molar-refractivity contribution >= 4 is 22.8 Å². The second-order valence-corrected chi connectivity index (χ2v) is 11.3. The summed E-state index contributed by atoms with van der Waals surface area (Å²) in [4.78, 5) is 25.4. The molecule has 1 aliphatic carbocycles. The van der Waals surface area contributed by atoms with Gasteiger partial charge in [-0.15, -0.1) is 0 Å². The number of rotatable bonds is 8. The molecule has 1 aliphatic heterocycles. The number of esters is 1. The lowest BCUT2D eigenvalue weighted by Crippen LogP contribution is -2.32. The van der Waals surface area contributed by atoms with Crippen molar-refractivity contribution < 1.29 is 23.8 Å². The third-order valence-corrected chi connectivity index (χ3v) is 7.09. The molecule has 1 aromatic heterocycles. The van der Waals surface area contributed by atoms with Crippen LogP contribution in [0.5, 0.6) is 0 Å². The van der Waals surface area contributed by atoms with Crippen LogP contribution in [0.15, 0.2) is 18.3 Å². The first-order chi connectivity index (χ1) is 17.2. The number of nitrogens with zero attached hydrogens (tertiary/aromatic N) is 2. The van der Waals surface area contributed by atoms with Crippen molar-refractivity contribution in [1.82, 2.24) is 15.1 Å². The first-order valence-electron chi connectivity index (χ1n) is 13.4. The van der Waals surface area contributed by atoms with E-state index >= 15 is 0 Å². The molecule has 4 rings (SSSR count). The molecule has 8 nitrogen and oxygen atoms in total. The van der Waals surface area contributed by atoms with Gasteiger partial charge >= 0.3 is 5.97 Å². The number of ether oxygens (including phenoxy) is 3. The quantitative estimate of drug-likeness (QED) is 0.427. The minimum absolute atomic E-state index is 0.0396. The lowest BCUT2D eigenvalue weighted by Gasteiger charge is -2.30. The first kappa shape index (κ1) is 26.6. The Bertz CT molecular complexity index is 1050. The minimum atomic E-state index is -0.454. The van der Waals surface area contributed by atoms with Crippen LogP contribution in [0.3, 0.4) is 0 Å². The van der Waals surface area contributed by atoms with Crippen molar-refractivity contribution in [3.8, 4) is 0 Å². The van der Waals surface area contributed by atoms with Gasteiger partial charge < -0.3 is 19.5 Å². The van der Waals surface area contributed by atoms with E-state index in [0.717, 1.165) is 61.5 Å². The molecule has 2 aliphatic rings. The van der Waals surface area contributed by atoms with Gasteiger partial charge in [-0.2, -0.15) is 5.10 Å². The molecule has 198 valence electrons. The molecule has 2 aromatic rings. The fourth-order valence-electron chi connectivity index (χ4n) is 5.27. The van der Waals surface area contributed by atoms with Gasteiger partial charge in [-0.05, 0) is 83.4 Å². The van der Waals surface area contributed by atoms with Crippen molar-refractivity contribution in [2.75, 3.05) is 26.4 Å². The lowest BCUT2D eigenvalue weighted by molar-refractivity contribution is -0.161. The van der Waals surface area contributed by atoms with Crippen LogP contribution in [-0.4, -0.2) is 59.7 Å². The van der Waals surface area contributed by atoms with Crippen molar-refractivity contribution in [1.29, 1.82) is 0 Å². The van der Waals surface area contributed by atoms with E-state index in [9.17, 15) is 9.59 Å². The van der Waals surface area contributed by atoms with E-state index in [1.807, 2.05) is 50.7 Å². The maximum absolute atomic E-state index is 12.8. The molecule has 0 radical (unpaired) electrons. The van der Waals surface area contributed by atoms with Crippen LogP contribution in [0.2, 0.25) is 0 Å². The monoisotopic (exact) mass is 499 g/mol. The lowest BCUT2D eigenvalue weighted by atomic mass is 9.81. The van der Waals surface area contributed by atoms with E-state index in [2.05, 4.69) is 5.32 Å². The van der Waals surface area contributed by atoms with Crippen LogP contribution in [0.1, 0.15) is 75.2 Å². The molecule has 3 atom stereocenters. The molecule has 1 saturated carbocycles. The number of aryl methyl sites for hydroxylation is 1. The Labute approximate surface area is 214 Å². The van der Waals surface area contributed by atoms with Crippen LogP contribution in [0.4, 0.5) is 0 Å². The summed E-state index contributed by atoms with van der Waals surface area (Å²) in [5.74, 6) is 0.203. The summed E-state index contributed by atoms with van der Waals surface area (Å²) in [7, 11) is 0. The minimum Gasteiger partial charge on any atom is -0.460 e. The molecule has 0 spiro atoms. The summed E-state index contributed by atoms with van der Waals surface area (Å²) in [5, 5.41) is 8.80. The van der Waals surface area contributed by atoms with E-state index in [0.29, 0.717) is 37.8 Å². The predicted molar refractivity (Wildman–Crippen MR) is 138 cm³/mol. The van der Waals surface area contributed by atoms with Crippen LogP contribution < -0.4 is 5.32 Å². The van der Waals surface area contributed by atoms with Crippen molar-refractivity contribution in [2.45, 2.75) is 84.5 Å². The molecule has 1 aromatic carbocycles. The molecule has 2 heterocycles. The number of fused-ring (bicyclic) bond motifs is 1. The summed E-state index contributed by atoms with van der Waals surface area (Å²) in [6, 6.07) is 3.78. The number of hydrogen-bond donors (Lipinski definition) is 1. The number of carbonyl (C=O) groups excluding carboxylic acids is 2. The number of amides is 1. The van der Waals surface area contributed by atoms with Crippen molar-refractivity contribution in [3.05, 3.63) is 29.5 Å². The molecule has 36 heavy (non-hydrogen) atoms. The molecular weight excluding hydrogens is 458 g/mol. The number of nitrogens with one attached hydrogen (secondary N) is 1. The first-order valence-corrected chi connectivity index (χ1v) is 13.4. The highest BCUT2D eigenvalue weighted by atomic mass is 16.6. The predicted octanol–water partition coefficient (Wildman–Crippen LogP) is 4.42. The zero-order valence-corrected chi connectivity index (χ0v) is 22.2. The Balaban J connectivity index is 1.33. The summed E-state index contributed by atoms with van der Waals surface area (Å²) in [5.41, 5.74) is 2.06. The van der Waals surface area contributed by atoms with E-state index in [4.69, 9.17) is 19.3 Å². The zero-order valence-electron chi connectivity index (χ0n) is 22.2. The number of aromatic nitrogens is 2. The molecular formula is C28H41N3O5. The molecule has 1 saturated heterocycles. The largest absolute Gasteiger partial charge is 0.460 e. The number of hydrogen-bond acceptors (Lipinski definition) is 6. The van der Waals surface area contributed by atoms with Gasteiger partial charge in [-0.3, -0.25) is 14.3 Å². The second kappa shape index (κ2) is 11.7. The van der Waals surface area contributed by atoms with Crippen LogP contribution in [-0.2, 0) is 25.5 Å². The number of benzene rings is 1. The Morgan fingerprint density at radius 2 is 2.06 bits per heavy atom. The average molecular weight is 500 g/mol. The maximum atomic E-state index is 12.8. The van der Waals surface area contributed by atoms with E-state index in [1.54, 1.807) is 0 Å². The molecule has 1 N–H and O–H groups in total. The fraction of sp³-hybridized carbons (Fsp3) is 0.679. The molecule has 2 fully saturated rings. The molecule has 1 amide bonds. The standard InChI is InChI=1S/C28H41N3O5/c1-19-23(26(32)29-12-6-9-22-18-34-13-14-35-22)10-11-25-24(19)17-31(30-25)16-20-7-5-8-21(15-20)27(33)36-28(2,3)4/h10-11,17,20-22H,5-9,12-16,18H2,1-4H3,(H,29,32). The normalized spacial score (nSPS) is 22.9. The summed E-state index contributed by atoms with van der Waals surface area (Å²) < 4.78 is 18.7. The highest BCUT2D eigenvalue weighted by Crippen LogP contribution is 2.32. The second-order valence-electron chi connectivity index (χ2n) is 11.3. The van der Waals surface area contributed by atoms with Crippen LogP contribution >= 0.6 is 0 Å². The third kappa shape index (κ3) is 7.07. The van der Waals surface area contributed by atoms with Gasteiger partial charge in [0.25, 0.3) is 5.91 Å². The highest BCUT2D eigenvalue weighted by Gasteiger charge is 2.31. The van der Waals surface area contributed by atoms with Crippen molar-refractivity contribution in [3.63, 3.8) is 0 Å². The van der Waals surface area contributed by atoms with Gasteiger partial charge in [0.1, 0.15) is 5.60 Å². The third-order valence-electron chi connectivity index (χ3n) is 7.09. The Morgan fingerprint density at radius 3 is 2.81 bits per heavy atom. The molecule has 0 bridgehead atoms. The SMILES string of the molecule is Cc1c(C(=O)NCCCC2COCCO2)ccc2nn(CC3CCCC(C(=O)OC(C)(C)C)C3)cc12. The summed E-state index contributed by atoms with van der Waals surface area (Å²) in [6.45, 7) is 11.1. The maximum Gasteiger partial charge on any atom is 0.309 e. The molecule has 3 unspecified atom stereocenters. The Hall–Kier alpha value is -2.45.